The highest BCUT2D eigenvalue weighted by Crippen LogP contribution is 2.24. The van der Waals surface area contributed by atoms with Crippen molar-refractivity contribution in [2.24, 2.45) is 0 Å². The molecule has 3 amide bonds. The van der Waals surface area contributed by atoms with Gasteiger partial charge in [0.05, 0.1) is 18.3 Å². The van der Waals surface area contributed by atoms with Crippen LogP contribution in [0.3, 0.4) is 0 Å². The summed E-state index contributed by atoms with van der Waals surface area (Å²) < 4.78 is 5.57. The first-order chi connectivity index (χ1) is 13.7. The molecule has 2 saturated heterocycles. The summed E-state index contributed by atoms with van der Waals surface area (Å²) in [4.78, 5) is 38.2. The minimum absolute atomic E-state index is 0.0609. The largest absolute Gasteiger partial charge is 0.376 e. The van der Waals surface area contributed by atoms with E-state index in [9.17, 15) is 9.59 Å². The fourth-order valence-electron chi connectivity index (χ4n) is 4.06. The molecule has 152 valence electrons. The molecule has 1 aromatic heterocycles. The van der Waals surface area contributed by atoms with Gasteiger partial charge in [-0.25, -0.2) is 14.8 Å². The molecule has 3 aliphatic rings. The summed E-state index contributed by atoms with van der Waals surface area (Å²) in [5.74, 6) is 0.395. The Bertz CT molecular complexity index is 743. The molecule has 9 heteroatoms. The molecule has 0 radical (unpaired) electrons. The monoisotopic (exact) mass is 388 g/mol. The van der Waals surface area contributed by atoms with E-state index in [4.69, 9.17) is 4.74 Å². The Kier molecular flexibility index (Phi) is 5.61. The van der Waals surface area contributed by atoms with E-state index in [1.165, 1.54) is 0 Å². The zero-order valence-corrected chi connectivity index (χ0v) is 16.4. The standard InChI is InChI=1S/C19H28N6O3/c1-20-18-22-15-6-9-25(19(27)21-11-13-5-4-10-28-13)12-14(15)16(23-18)17(26)24-7-2-3-8-24/h13H,2-12H2,1H3,(H,21,27)(H,20,22,23)/t13-/m1/s1. The average Bonchev–Trinajstić information content (AvgIpc) is 3.44. The zero-order valence-electron chi connectivity index (χ0n) is 16.4. The van der Waals surface area contributed by atoms with Gasteiger partial charge in [0.2, 0.25) is 5.95 Å². The van der Waals surface area contributed by atoms with Crippen molar-refractivity contribution in [3.63, 3.8) is 0 Å². The van der Waals surface area contributed by atoms with Crippen molar-refractivity contribution in [2.75, 3.05) is 45.2 Å². The van der Waals surface area contributed by atoms with Crippen molar-refractivity contribution in [2.45, 2.75) is 44.8 Å². The first-order valence-electron chi connectivity index (χ1n) is 10.2. The van der Waals surface area contributed by atoms with Crippen LogP contribution in [0.25, 0.3) is 0 Å². The van der Waals surface area contributed by atoms with E-state index < -0.39 is 0 Å². The molecular formula is C19H28N6O3. The van der Waals surface area contributed by atoms with E-state index >= 15 is 0 Å². The average molecular weight is 388 g/mol. The SMILES string of the molecule is CNc1nc2c(c(C(=O)N3CCCC3)n1)CN(C(=O)NC[C@H]1CCCO1)CC2. The summed E-state index contributed by atoms with van der Waals surface area (Å²) in [7, 11) is 1.75. The van der Waals surface area contributed by atoms with E-state index in [1.54, 1.807) is 11.9 Å². The van der Waals surface area contributed by atoms with E-state index in [-0.39, 0.29) is 18.0 Å². The molecule has 0 aliphatic carbocycles. The van der Waals surface area contributed by atoms with Crippen LogP contribution in [-0.2, 0) is 17.7 Å². The smallest absolute Gasteiger partial charge is 0.317 e. The van der Waals surface area contributed by atoms with Gasteiger partial charge in [-0.2, -0.15) is 0 Å². The van der Waals surface area contributed by atoms with Crippen molar-refractivity contribution in [3.8, 4) is 0 Å². The van der Waals surface area contributed by atoms with E-state index in [1.807, 2.05) is 4.90 Å². The Morgan fingerprint density at radius 1 is 1.14 bits per heavy atom. The Morgan fingerprint density at radius 2 is 1.96 bits per heavy atom. The van der Waals surface area contributed by atoms with Crippen LogP contribution in [0.1, 0.15) is 47.4 Å². The highest BCUT2D eigenvalue weighted by Gasteiger charge is 2.31. The molecule has 28 heavy (non-hydrogen) atoms. The van der Waals surface area contributed by atoms with Gasteiger partial charge in [-0.15, -0.1) is 0 Å². The number of ether oxygens (including phenoxy) is 1. The summed E-state index contributed by atoms with van der Waals surface area (Å²) in [6.45, 7) is 3.74. The van der Waals surface area contributed by atoms with Crippen LogP contribution in [0, 0.1) is 0 Å². The van der Waals surface area contributed by atoms with Crippen LogP contribution in [0.5, 0.6) is 0 Å². The summed E-state index contributed by atoms with van der Waals surface area (Å²) >= 11 is 0. The first kappa shape index (κ1) is 18.9. The molecule has 4 heterocycles. The van der Waals surface area contributed by atoms with E-state index in [0.717, 1.165) is 56.6 Å². The second-order valence-electron chi connectivity index (χ2n) is 7.56. The van der Waals surface area contributed by atoms with Crippen LogP contribution in [-0.4, -0.2) is 77.6 Å². The number of carbonyl (C=O) groups is 2. The second kappa shape index (κ2) is 8.30. The molecule has 0 saturated carbocycles. The summed E-state index contributed by atoms with van der Waals surface area (Å²) in [5.41, 5.74) is 2.05. The molecule has 0 aromatic carbocycles. The number of likely N-dealkylation sites (tertiary alicyclic amines) is 1. The summed E-state index contributed by atoms with van der Waals surface area (Å²) in [6, 6.07) is -0.126. The van der Waals surface area contributed by atoms with Gasteiger partial charge in [-0.1, -0.05) is 0 Å². The third-order valence-electron chi connectivity index (χ3n) is 5.67. The number of carbonyl (C=O) groups excluding carboxylic acids is 2. The first-order valence-corrected chi connectivity index (χ1v) is 10.2. The number of amides is 3. The number of hydrogen-bond acceptors (Lipinski definition) is 6. The topological polar surface area (TPSA) is 99.7 Å². The van der Waals surface area contributed by atoms with Crippen LogP contribution in [0.4, 0.5) is 10.7 Å². The Labute approximate surface area is 164 Å². The normalized spacial score (nSPS) is 21.5. The van der Waals surface area contributed by atoms with Gasteiger partial charge < -0.3 is 25.2 Å². The molecule has 2 N–H and O–H groups in total. The summed E-state index contributed by atoms with van der Waals surface area (Å²) in [6.07, 6.45) is 4.80. The lowest BCUT2D eigenvalue weighted by Crippen LogP contribution is -2.46. The number of rotatable bonds is 4. The quantitative estimate of drug-likeness (QED) is 0.798. The molecule has 1 aromatic rings. The number of aromatic nitrogens is 2. The van der Waals surface area contributed by atoms with Gasteiger partial charge in [-0.3, -0.25) is 4.79 Å². The van der Waals surface area contributed by atoms with Gasteiger partial charge in [0.15, 0.2) is 0 Å². The van der Waals surface area contributed by atoms with Crippen molar-refractivity contribution >= 4 is 17.9 Å². The number of hydrogen-bond donors (Lipinski definition) is 2. The maximum atomic E-state index is 13.0. The number of anilines is 1. The molecule has 4 rings (SSSR count). The predicted octanol–water partition coefficient (Wildman–Crippen LogP) is 1.00. The van der Waals surface area contributed by atoms with Crippen LogP contribution < -0.4 is 10.6 Å². The van der Waals surface area contributed by atoms with Gasteiger partial charge in [0.25, 0.3) is 5.91 Å². The lowest BCUT2D eigenvalue weighted by molar-refractivity contribution is 0.0783. The third-order valence-corrected chi connectivity index (χ3v) is 5.67. The lowest BCUT2D eigenvalue weighted by Gasteiger charge is -2.30. The van der Waals surface area contributed by atoms with Crippen LogP contribution >= 0.6 is 0 Å². The van der Waals surface area contributed by atoms with Crippen LogP contribution in [0.2, 0.25) is 0 Å². The van der Waals surface area contributed by atoms with E-state index in [2.05, 4.69) is 20.6 Å². The van der Waals surface area contributed by atoms with Gasteiger partial charge in [0.1, 0.15) is 5.69 Å². The molecule has 9 nitrogen and oxygen atoms in total. The number of fused-ring (bicyclic) bond motifs is 1. The molecular weight excluding hydrogens is 360 g/mol. The molecule has 3 aliphatic heterocycles. The Morgan fingerprint density at radius 3 is 2.68 bits per heavy atom. The van der Waals surface area contributed by atoms with Crippen molar-refractivity contribution in [1.82, 2.24) is 25.1 Å². The number of urea groups is 1. The molecule has 0 bridgehead atoms. The maximum Gasteiger partial charge on any atom is 0.317 e. The molecule has 0 unspecified atom stereocenters. The van der Waals surface area contributed by atoms with Crippen LogP contribution in [0.15, 0.2) is 0 Å². The minimum atomic E-state index is -0.126. The summed E-state index contributed by atoms with van der Waals surface area (Å²) in [5, 5.41) is 5.91. The second-order valence-corrected chi connectivity index (χ2v) is 7.56. The Balaban J connectivity index is 1.50. The highest BCUT2D eigenvalue weighted by atomic mass is 16.5. The number of nitrogens with zero attached hydrogens (tertiary/aromatic N) is 4. The molecule has 0 spiro atoms. The fourth-order valence-corrected chi connectivity index (χ4v) is 4.06. The third kappa shape index (κ3) is 3.89. The lowest BCUT2D eigenvalue weighted by atomic mass is 10.0. The maximum absolute atomic E-state index is 13.0. The fraction of sp³-hybridized carbons (Fsp3) is 0.684. The minimum Gasteiger partial charge on any atom is -0.376 e. The predicted molar refractivity (Wildman–Crippen MR) is 103 cm³/mol. The highest BCUT2D eigenvalue weighted by molar-refractivity contribution is 5.94. The van der Waals surface area contributed by atoms with Gasteiger partial charge in [0, 0.05) is 51.8 Å². The zero-order chi connectivity index (χ0) is 19.5. The Hall–Kier alpha value is -2.42. The van der Waals surface area contributed by atoms with Gasteiger partial charge in [-0.05, 0) is 25.7 Å². The molecule has 2 fully saturated rings. The van der Waals surface area contributed by atoms with Gasteiger partial charge >= 0.3 is 6.03 Å². The van der Waals surface area contributed by atoms with Crippen molar-refractivity contribution in [3.05, 3.63) is 17.0 Å². The number of nitrogens with one attached hydrogen (secondary N) is 2. The molecule has 1 atom stereocenters. The van der Waals surface area contributed by atoms with Crippen molar-refractivity contribution in [1.29, 1.82) is 0 Å². The van der Waals surface area contributed by atoms with E-state index in [0.29, 0.717) is 37.7 Å². The van der Waals surface area contributed by atoms with Crippen molar-refractivity contribution < 1.29 is 14.3 Å².